The lowest BCUT2D eigenvalue weighted by Crippen LogP contribution is -2.13. The van der Waals surface area contributed by atoms with Crippen LogP contribution in [0.4, 0.5) is 11.4 Å². The number of phenolic OH excluding ortho intramolecular Hbond substituents is 1. The standard InChI is InChI=1S/C15H16N2O2/c1-9-6-7-11(8-13(9)16)17-15(19)12-4-3-5-14(18)10(12)2/h3-8,18H,16H2,1-2H3,(H,17,19). The van der Waals surface area contributed by atoms with Crippen molar-refractivity contribution in [3.05, 3.63) is 53.1 Å². The number of hydrogen-bond donors (Lipinski definition) is 3. The summed E-state index contributed by atoms with van der Waals surface area (Å²) in [5.41, 5.74) is 9.03. The van der Waals surface area contributed by atoms with Crippen LogP contribution >= 0.6 is 0 Å². The smallest absolute Gasteiger partial charge is 0.256 e. The molecule has 0 aromatic heterocycles. The van der Waals surface area contributed by atoms with Crippen molar-refractivity contribution in [2.24, 2.45) is 0 Å². The highest BCUT2D eigenvalue weighted by atomic mass is 16.3. The number of nitrogens with two attached hydrogens (primary N) is 1. The number of carbonyl (C=O) groups excluding carboxylic acids is 1. The lowest BCUT2D eigenvalue weighted by molar-refractivity contribution is 0.102. The molecule has 1 amide bonds. The van der Waals surface area contributed by atoms with Gasteiger partial charge in [-0.2, -0.15) is 0 Å². The minimum Gasteiger partial charge on any atom is -0.508 e. The lowest BCUT2D eigenvalue weighted by atomic mass is 10.1. The number of phenols is 1. The summed E-state index contributed by atoms with van der Waals surface area (Å²) in [5, 5.41) is 12.4. The van der Waals surface area contributed by atoms with Crippen molar-refractivity contribution in [3.63, 3.8) is 0 Å². The molecule has 0 heterocycles. The van der Waals surface area contributed by atoms with Gasteiger partial charge in [0.05, 0.1) is 0 Å². The van der Waals surface area contributed by atoms with Crippen LogP contribution in [0.2, 0.25) is 0 Å². The van der Waals surface area contributed by atoms with Crippen LogP contribution in [-0.4, -0.2) is 11.0 Å². The second-order valence-electron chi connectivity index (χ2n) is 4.48. The van der Waals surface area contributed by atoms with Gasteiger partial charge in [0.1, 0.15) is 5.75 Å². The van der Waals surface area contributed by atoms with E-state index in [1.807, 2.05) is 13.0 Å². The van der Waals surface area contributed by atoms with E-state index in [1.54, 1.807) is 37.3 Å². The Morgan fingerprint density at radius 2 is 1.95 bits per heavy atom. The first-order chi connectivity index (χ1) is 8.99. The van der Waals surface area contributed by atoms with Gasteiger partial charge in [0, 0.05) is 22.5 Å². The number of nitrogen functional groups attached to an aromatic ring is 1. The molecule has 0 aliphatic carbocycles. The molecule has 0 bridgehead atoms. The Morgan fingerprint density at radius 1 is 1.21 bits per heavy atom. The fraction of sp³-hybridized carbons (Fsp3) is 0.133. The van der Waals surface area contributed by atoms with Gasteiger partial charge in [0.15, 0.2) is 0 Å². The monoisotopic (exact) mass is 256 g/mol. The Labute approximate surface area is 111 Å². The van der Waals surface area contributed by atoms with Gasteiger partial charge in [-0.1, -0.05) is 12.1 Å². The van der Waals surface area contributed by atoms with Crippen molar-refractivity contribution in [1.82, 2.24) is 0 Å². The van der Waals surface area contributed by atoms with Crippen LogP contribution in [0.5, 0.6) is 5.75 Å². The van der Waals surface area contributed by atoms with E-state index in [0.717, 1.165) is 5.56 Å². The molecule has 0 saturated carbocycles. The van der Waals surface area contributed by atoms with Gasteiger partial charge < -0.3 is 16.2 Å². The molecular formula is C15H16N2O2. The molecule has 0 aliphatic rings. The predicted octanol–water partition coefficient (Wildman–Crippen LogP) is 2.84. The van der Waals surface area contributed by atoms with Crippen molar-refractivity contribution < 1.29 is 9.90 Å². The SMILES string of the molecule is Cc1ccc(NC(=O)c2cccc(O)c2C)cc1N. The van der Waals surface area contributed by atoms with Gasteiger partial charge in [0.25, 0.3) is 5.91 Å². The summed E-state index contributed by atoms with van der Waals surface area (Å²) in [6, 6.07) is 10.2. The number of anilines is 2. The number of rotatable bonds is 2. The van der Waals surface area contributed by atoms with Crippen molar-refractivity contribution in [2.45, 2.75) is 13.8 Å². The minimum atomic E-state index is -0.267. The van der Waals surface area contributed by atoms with Gasteiger partial charge in [-0.3, -0.25) is 4.79 Å². The zero-order chi connectivity index (χ0) is 14.0. The van der Waals surface area contributed by atoms with Crippen molar-refractivity contribution in [3.8, 4) is 5.75 Å². The molecule has 0 radical (unpaired) electrons. The zero-order valence-corrected chi connectivity index (χ0v) is 10.9. The van der Waals surface area contributed by atoms with Crippen LogP contribution in [0.3, 0.4) is 0 Å². The Bertz CT molecular complexity index is 636. The molecule has 2 aromatic rings. The second-order valence-corrected chi connectivity index (χ2v) is 4.48. The molecule has 0 spiro atoms. The molecule has 0 atom stereocenters. The van der Waals surface area contributed by atoms with E-state index in [4.69, 9.17) is 5.73 Å². The highest BCUT2D eigenvalue weighted by Crippen LogP contribution is 2.22. The fourth-order valence-corrected chi connectivity index (χ4v) is 1.79. The second kappa shape index (κ2) is 5.02. The van der Waals surface area contributed by atoms with Crippen LogP contribution in [-0.2, 0) is 0 Å². The summed E-state index contributed by atoms with van der Waals surface area (Å²) in [6.07, 6.45) is 0. The first-order valence-electron chi connectivity index (χ1n) is 5.95. The Hall–Kier alpha value is -2.49. The summed E-state index contributed by atoms with van der Waals surface area (Å²) < 4.78 is 0. The Balaban J connectivity index is 2.26. The number of aryl methyl sites for hydroxylation is 1. The maximum absolute atomic E-state index is 12.1. The molecule has 0 unspecified atom stereocenters. The molecule has 2 rings (SSSR count). The largest absolute Gasteiger partial charge is 0.508 e. The van der Waals surface area contributed by atoms with E-state index in [0.29, 0.717) is 22.5 Å². The van der Waals surface area contributed by atoms with E-state index in [9.17, 15) is 9.90 Å². The van der Waals surface area contributed by atoms with Gasteiger partial charge in [0.2, 0.25) is 0 Å². The van der Waals surface area contributed by atoms with E-state index >= 15 is 0 Å². The molecule has 4 heteroatoms. The van der Waals surface area contributed by atoms with E-state index < -0.39 is 0 Å². The maximum atomic E-state index is 12.1. The van der Waals surface area contributed by atoms with Crippen LogP contribution < -0.4 is 11.1 Å². The van der Waals surface area contributed by atoms with Gasteiger partial charge in [-0.15, -0.1) is 0 Å². The first-order valence-corrected chi connectivity index (χ1v) is 5.95. The Kier molecular flexibility index (Phi) is 3.42. The number of nitrogens with one attached hydrogen (secondary N) is 1. The summed E-state index contributed by atoms with van der Waals surface area (Å²) in [5.74, 6) is -0.160. The topological polar surface area (TPSA) is 75.3 Å². The number of aromatic hydroxyl groups is 1. The van der Waals surface area contributed by atoms with E-state index in [1.165, 1.54) is 0 Å². The average Bonchev–Trinajstić information content (AvgIpc) is 2.37. The molecule has 2 aromatic carbocycles. The van der Waals surface area contributed by atoms with Gasteiger partial charge in [-0.25, -0.2) is 0 Å². The zero-order valence-electron chi connectivity index (χ0n) is 10.9. The van der Waals surface area contributed by atoms with E-state index in [-0.39, 0.29) is 11.7 Å². The van der Waals surface area contributed by atoms with Gasteiger partial charge >= 0.3 is 0 Å². The molecular weight excluding hydrogens is 240 g/mol. The summed E-state index contributed by atoms with van der Waals surface area (Å²) in [7, 11) is 0. The lowest BCUT2D eigenvalue weighted by Gasteiger charge is -2.10. The van der Waals surface area contributed by atoms with Crippen molar-refractivity contribution in [2.75, 3.05) is 11.1 Å². The highest BCUT2D eigenvalue weighted by Gasteiger charge is 2.11. The molecule has 19 heavy (non-hydrogen) atoms. The maximum Gasteiger partial charge on any atom is 0.256 e. The van der Waals surface area contributed by atoms with Crippen molar-refractivity contribution >= 4 is 17.3 Å². The quantitative estimate of drug-likeness (QED) is 0.723. The third-order valence-corrected chi connectivity index (χ3v) is 3.09. The fourth-order valence-electron chi connectivity index (χ4n) is 1.79. The van der Waals surface area contributed by atoms with Crippen LogP contribution in [0.25, 0.3) is 0 Å². The highest BCUT2D eigenvalue weighted by molar-refractivity contribution is 6.05. The molecule has 0 aliphatic heterocycles. The van der Waals surface area contributed by atoms with E-state index in [2.05, 4.69) is 5.32 Å². The number of benzene rings is 2. The first kappa shape index (κ1) is 13.0. The summed E-state index contributed by atoms with van der Waals surface area (Å²) in [4.78, 5) is 12.1. The van der Waals surface area contributed by atoms with Crippen molar-refractivity contribution in [1.29, 1.82) is 0 Å². The van der Waals surface area contributed by atoms with Crippen LogP contribution in [0.15, 0.2) is 36.4 Å². The molecule has 0 saturated heterocycles. The van der Waals surface area contributed by atoms with Crippen LogP contribution in [0, 0.1) is 13.8 Å². The third-order valence-electron chi connectivity index (χ3n) is 3.09. The number of carbonyl (C=O) groups is 1. The average molecular weight is 256 g/mol. The molecule has 4 N–H and O–H groups in total. The summed E-state index contributed by atoms with van der Waals surface area (Å²) >= 11 is 0. The predicted molar refractivity (Wildman–Crippen MR) is 76.4 cm³/mol. The number of hydrogen-bond acceptors (Lipinski definition) is 3. The number of amides is 1. The Morgan fingerprint density at radius 3 is 2.63 bits per heavy atom. The molecule has 0 fully saturated rings. The molecule has 98 valence electrons. The van der Waals surface area contributed by atoms with Gasteiger partial charge in [-0.05, 0) is 43.7 Å². The minimum absolute atomic E-state index is 0.107. The molecule has 4 nitrogen and oxygen atoms in total. The third kappa shape index (κ3) is 2.68. The summed E-state index contributed by atoms with van der Waals surface area (Å²) in [6.45, 7) is 3.61. The van der Waals surface area contributed by atoms with Crippen LogP contribution in [0.1, 0.15) is 21.5 Å². The normalized spacial score (nSPS) is 10.2.